The molecule has 8 heteroatoms. The van der Waals surface area contributed by atoms with Gasteiger partial charge in [-0.3, -0.25) is 15.0 Å². The molecular formula is C18H26FN3O4. The van der Waals surface area contributed by atoms with Crippen molar-refractivity contribution in [1.29, 1.82) is 0 Å². The quantitative estimate of drug-likeness (QED) is 0.651. The van der Waals surface area contributed by atoms with Crippen molar-refractivity contribution >= 4 is 11.8 Å². The van der Waals surface area contributed by atoms with Gasteiger partial charge in [0.1, 0.15) is 5.82 Å². The lowest BCUT2D eigenvalue weighted by atomic mass is 9.83. The number of carboxylic acid groups (broad SMARTS) is 1. The van der Waals surface area contributed by atoms with Gasteiger partial charge in [0.15, 0.2) is 0 Å². The molecule has 0 saturated carbocycles. The lowest BCUT2D eigenvalue weighted by molar-refractivity contribution is -0.385. The Kier molecular flexibility index (Phi) is 5.55. The second-order valence-corrected chi connectivity index (χ2v) is 8.06. The van der Waals surface area contributed by atoms with Crippen LogP contribution < -0.4 is 0 Å². The minimum atomic E-state index is -0.955. The van der Waals surface area contributed by atoms with Crippen LogP contribution in [0.15, 0.2) is 12.1 Å². The second kappa shape index (κ2) is 7.19. The second-order valence-electron chi connectivity index (χ2n) is 8.06. The molecule has 2 rings (SSSR count). The van der Waals surface area contributed by atoms with Crippen molar-refractivity contribution in [1.82, 2.24) is 9.80 Å². The monoisotopic (exact) mass is 367 g/mol. The molecule has 144 valence electrons. The van der Waals surface area contributed by atoms with Gasteiger partial charge in [-0.25, -0.2) is 9.18 Å². The highest BCUT2D eigenvalue weighted by Crippen LogP contribution is 2.32. The van der Waals surface area contributed by atoms with E-state index >= 15 is 0 Å². The average molecular weight is 367 g/mol. The summed E-state index contributed by atoms with van der Waals surface area (Å²) in [4.78, 5) is 25.6. The number of carbonyl (C=O) groups is 1. The van der Waals surface area contributed by atoms with Gasteiger partial charge in [-0.05, 0) is 30.9 Å². The molecule has 26 heavy (non-hydrogen) atoms. The first kappa shape index (κ1) is 20.1. The zero-order valence-corrected chi connectivity index (χ0v) is 15.8. The predicted octanol–water partition coefficient (Wildman–Crippen LogP) is 3.64. The summed E-state index contributed by atoms with van der Waals surface area (Å²) in [5.74, 6) is -0.637. The van der Waals surface area contributed by atoms with Gasteiger partial charge in [0.2, 0.25) is 0 Å². The van der Waals surface area contributed by atoms with Gasteiger partial charge in [-0.1, -0.05) is 20.8 Å². The Morgan fingerprint density at radius 3 is 2.50 bits per heavy atom. The molecule has 1 saturated heterocycles. The molecule has 0 aromatic heterocycles. The Morgan fingerprint density at radius 2 is 2.00 bits per heavy atom. The van der Waals surface area contributed by atoms with Crippen molar-refractivity contribution < 1.29 is 19.2 Å². The molecule has 0 spiro atoms. The van der Waals surface area contributed by atoms with Crippen LogP contribution in [0.1, 0.15) is 38.8 Å². The zero-order chi connectivity index (χ0) is 19.8. The number of nitrogens with zero attached hydrogens (tertiary/aromatic N) is 3. The number of nitro benzene ring substituents is 1. The molecule has 1 aromatic carbocycles. The van der Waals surface area contributed by atoms with Crippen molar-refractivity contribution in [2.45, 2.75) is 53.2 Å². The van der Waals surface area contributed by atoms with Crippen molar-refractivity contribution in [2.24, 2.45) is 5.41 Å². The smallest absolute Gasteiger partial charge is 0.407 e. The summed E-state index contributed by atoms with van der Waals surface area (Å²) in [6.45, 7) is 10.7. The fourth-order valence-electron chi connectivity index (χ4n) is 3.60. The summed E-state index contributed by atoms with van der Waals surface area (Å²) in [5, 5.41) is 20.6. The highest BCUT2D eigenvalue weighted by molar-refractivity contribution is 5.65. The molecule has 1 amide bonds. The minimum absolute atomic E-state index is 0.0866. The maximum atomic E-state index is 13.9. The van der Waals surface area contributed by atoms with Crippen LogP contribution in [0.2, 0.25) is 0 Å². The van der Waals surface area contributed by atoms with Gasteiger partial charge < -0.3 is 10.0 Å². The van der Waals surface area contributed by atoms with Gasteiger partial charge in [0.25, 0.3) is 5.69 Å². The van der Waals surface area contributed by atoms with Crippen LogP contribution in [-0.2, 0) is 6.54 Å². The molecular weight excluding hydrogens is 341 g/mol. The van der Waals surface area contributed by atoms with Crippen LogP contribution >= 0.6 is 0 Å². The normalized spacial score (nSPS) is 21.7. The molecule has 1 aromatic rings. The number of hydrogen-bond acceptors (Lipinski definition) is 4. The fraction of sp³-hybridized carbons (Fsp3) is 0.611. The minimum Gasteiger partial charge on any atom is -0.465 e. The Morgan fingerprint density at radius 1 is 1.38 bits per heavy atom. The summed E-state index contributed by atoms with van der Waals surface area (Å²) in [6, 6.07) is 1.97. The summed E-state index contributed by atoms with van der Waals surface area (Å²) < 4.78 is 13.9. The lowest BCUT2D eigenvalue weighted by Crippen LogP contribution is -2.61. The maximum Gasteiger partial charge on any atom is 0.407 e. The molecule has 1 aliphatic heterocycles. The number of hydrogen-bond donors (Lipinski definition) is 1. The Bertz CT molecular complexity index is 717. The van der Waals surface area contributed by atoms with Crippen molar-refractivity contribution in [2.75, 3.05) is 13.1 Å². The molecule has 1 heterocycles. The largest absolute Gasteiger partial charge is 0.465 e. The van der Waals surface area contributed by atoms with Gasteiger partial charge >= 0.3 is 6.09 Å². The topological polar surface area (TPSA) is 86.9 Å². The van der Waals surface area contributed by atoms with E-state index in [9.17, 15) is 24.4 Å². The molecule has 1 fully saturated rings. The van der Waals surface area contributed by atoms with E-state index in [0.717, 1.165) is 6.07 Å². The number of amides is 1. The molecule has 0 radical (unpaired) electrons. The van der Waals surface area contributed by atoms with Crippen molar-refractivity contribution in [3.8, 4) is 0 Å². The standard InChI is InChI=1S/C18H26FN3O4/c1-11-8-20(16(18(3,4)5)10-21(11)17(23)24)9-13-6-14(19)7-15(12(13)2)22(25)26/h6-7,11,16H,8-10H2,1-5H3,(H,23,24). The molecule has 0 bridgehead atoms. The predicted molar refractivity (Wildman–Crippen MR) is 95.6 cm³/mol. The van der Waals surface area contributed by atoms with E-state index in [-0.39, 0.29) is 23.2 Å². The average Bonchev–Trinajstić information content (AvgIpc) is 2.48. The molecule has 2 unspecified atom stereocenters. The Hall–Kier alpha value is -2.22. The first-order valence-electron chi connectivity index (χ1n) is 8.58. The van der Waals surface area contributed by atoms with E-state index in [1.54, 1.807) is 6.92 Å². The summed E-state index contributed by atoms with van der Waals surface area (Å²) in [5.41, 5.74) is 0.560. The zero-order valence-electron chi connectivity index (χ0n) is 15.8. The summed E-state index contributed by atoms with van der Waals surface area (Å²) >= 11 is 0. The van der Waals surface area contributed by atoms with Gasteiger partial charge in [0.05, 0.1) is 11.0 Å². The lowest BCUT2D eigenvalue weighted by Gasteiger charge is -2.49. The van der Waals surface area contributed by atoms with E-state index in [1.807, 2.05) is 27.7 Å². The number of benzene rings is 1. The van der Waals surface area contributed by atoms with Gasteiger partial charge in [-0.15, -0.1) is 0 Å². The van der Waals surface area contributed by atoms with Crippen LogP contribution in [0, 0.1) is 28.3 Å². The van der Waals surface area contributed by atoms with E-state index < -0.39 is 16.8 Å². The highest BCUT2D eigenvalue weighted by Gasteiger charge is 2.40. The molecule has 7 nitrogen and oxygen atoms in total. The van der Waals surface area contributed by atoms with E-state index in [2.05, 4.69) is 4.90 Å². The number of nitro groups is 1. The van der Waals surface area contributed by atoms with E-state index in [1.165, 1.54) is 11.0 Å². The van der Waals surface area contributed by atoms with Crippen LogP contribution in [0.25, 0.3) is 0 Å². The van der Waals surface area contributed by atoms with Crippen molar-refractivity contribution in [3.05, 3.63) is 39.2 Å². The van der Waals surface area contributed by atoms with E-state index in [0.29, 0.717) is 30.8 Å². The Balaban J connectivity index is 2.38. The van der Waals surface area contributed by atoms with E-state index in [4.69, 9.17) is 0 Å². The number of piperazine rings is 1. The first-order valence-corrected chi connectivity index (χ1v) is 8.58. The Labute approximate surface area is 152 Å². The van der Waals surface area contributed by atoms with Crippen LogP contribution in [-0.4, -0.2) is 51.1 Å². The molecule has 1 N–H and O–H groups in total. The molecule has 0 aliphatic carbocycles. The maximum absolute atomic E-state index is 13.9. The summed E-state index contributed by atoms with van der Waals surface area (Å²) in [7, 11) is 0. The van der Waals surface area contributed by atoms with Gasteiger partial charge in [-0.2, -0.15) is 0 Å². The van der Waals surface area contributed by atoms with Gasteiger partial charge in [0, 0.05) is 37.3 Å². The molecule has 2 atom stereocenters. The van der Waals surface area contributed by atoms with Crippen LogP contribution in [0.3, 0.4) is 0 Å². The third-order valence-corrected chi connectivity index (χ3v) is 5.11. The van der Waals surface area contributed by atoms with Crippen LogP contribution in [0.5, 0.6) is 0 Å². The third-order valence-electron chi connectivity index (χ3n) is 5.11. The fourth-order valence-corrected chi connectivity index (χ4v) is 3.60. The van der Waals surface area contributed by atoms with Crippen molar-refractivity contribution in [3.63, 3.8) is 0 Å². The third kappa shape index (κ3) is 4.12. The molecule has 1 aliphatic rings. The SMILES string of the molecule is Cc1c(CN2CC(C)N(C(=O)O)CC2C(C)(C)C)cc(F)cc1[N+](=O)[O-]. The number of halogens is 1. The first-order chi connectivity index (χ1) is 11.9. The van der Waals surface area contributed by atoms with Crippen LogP contribution in [0.4, 0.5) is 14.9 Å². The highest BCUT2D eigenvalue weighted by atomic mass is 19.1. The summed E-state index contributed by atoms with van der Waals surface area (Å²) in [6.07, 6.45) is -0.955. The number of rotatable bonds is 3.